The number of hydrogen-bond donors (Lipinski definition) is 2. The number of aromatic nitrogens is 2. The van der Waals surface area contributed by atoms with E-state index in [0.717, 1.165) is 5.56 Å². The van der Waals surface area contributed by atoms with Crippen LogP contribution in [-0.2, 0) is 6.42 Å². The third-order valence-corrected chi connectivity index (χ3v) is 2.93. The van der Waals surface area contributed by atoms with Gasteiger partial charge in [-0.25, -0.2) is 9.97 Å². The molecule has 0 fully saturated rings. The van der Waals surface area contributed by atoms with Crippen LogP contribution in [0.5, 0.6) is 0 Å². The molecule has 0 atom stereocenters. The van der Waals surface area contributed by atoms with Crippen LogP contribution in [0, 0.1) is 0 Å². The Morgan fingerprint density at radius 1 is 1.28 bits per heavy atom. The van der Waals surface area contributed by atoms with Gasteiger partial charge < -0.3 is 10.6 Å². The molecule has 0 radical (unpaired) electrons. The minimum atomic E-state index is -4.18. The van der Waals surface area contributed by atoms with Crippen LogP contribution in [0.15, 0.2) is 6.33 Å². The first-order valence-corrected chi connectivity index (χ1v) is 6.42. The molecule has 0 saturated carbocycles. The number of rotatable bonds is 6. The first-order valence-electron chi connectivity index (χ1n) is 5.44. The van der Waals surface area contributed by atoms with Gasteiger partial charge in [0.1, 0.15) is 18.0 Å². The van der Waals surface area contributed by atoms with E-state index in [-0.39, 0.29) is 24.1 Å². The molecule has 0 amide bonds. The van der Waals surface area contributed by atoms with Crippen molar-refractivity contribution in [3.05, 3.63) is 11.9 Å². The van der Waals surface area contributed by atoms with Crippen molar-refractivity contribution < 1.29 is 13.2 Å². The van der Waals surface area contributed by atoms with Gasteiger partial charge in [0.15, 0.2) is 0 Å². The lowest BCUT2D eigenvalue weighted by Crippen LogP contribution is -2.13. The summed E-state index contributed by atoms with van der Waals surface area (Å²) in [5, 5.41) is 5.82. The molecular formula is C10H15F3N4S. The molecule has 0 aromatic carbocycles. The number of thioether (sulfide) groups is 1. The highest BCUT2D eigenvalue weighted by Gasteiger charge is 2.27. The average Bonchev–Trinajstić information content (AvgIpc) is 2.32. The van der Waals surface area contributed by atoms with E-state index in [1.54, 1.807) is 7.05 Å². The Labute approximate surface area is 108 Å². The molecule has 0 aliphatic rings. The van der Waals surface area contributed by atoms with Gasteiger partial charge in [-0.15, -0.1) is 0 Å². The predicted molar refractivity (Wildman–Crippen MR) is 68.0 cm³/mol. The van der Waals surface area contributed by atoms with Gasteiger partial charge in [0, 0.05) is 24.9 Å². The fourth-order valence-electron chi connectivity index (χ4n) is 1.45. The van der Waals surface area contributed by atoms with E-state index < -0.39 is 5.51 Å². The van der Waals surface area contributed by atoms with E-state index in [1.165, 1.54) is 6.33 Å². The van der Waals surface area contributed by atoms with Crippen LogP contribution in [-0.4, -0.2) is 34.8 Å². The van der Waals surface area contributed by atoms with Gasteiger partial charge in [0.25, 0.3) is 0 Å². The molecule has 1 aromatic heterocycles. The largest absolute Gasteiger partial charge is 0.441 e. The molecule has 1 rings (SSSR count). The minimum absolute atomic E-state index is 0.0453. The first-order chi connectivity index (χ1) is 8.48. The van der Waals surface area contributed by atoms with Crippen molar-refractivity contribution in [2.75, 3.05) is 30.0 Å². The van der Waals surface area contributed by atoms with Crippen molar-refractivity contribution in [3.63, 3.8) is 0 Å². The summed E-state index contributed by atoms with van der Waals surface area (Å²) in [5.74, 6) is 1.23. The second-order valence-electron chi connectivity index (χ2n) is 3.37. The zero-order valence-electron chi connectivity index (χ0n) is 10.1. The number of hydrogen-bond acceptors (Lipinski definition) is 5. The van der Waals surface area contributed by atoms with Gasteiger partial charge in [-0.05, 0) is 18.2 Å². The number of nitrogens with one attached hydrogen (secondary N) is 2. The highest BCUT2D eigenvalue weighted by molar-refractivity contribution is 8.00. The number of nitrogens with zero attached hydrogens (tertiary/aromatic N) is 2. The maximum absolute atomic E-state index is 11.9. The summed E-state index contributed by atoms with van der Waals surface area (Å²) in [4.78, 5) is 8.09. The zero-order valence-corrected chi connectivity index (χ0v) is 11.0. The van der Waals surface area contributed by atoms with Crippen molar-refractivity contribution in [3.8, 4) is 0 Å². The molecule has 0 spiro atoms. The Morgan fingerprint density at radius 3 is 2.50 bits per heavy atom. The highest BCUT2D eigenvalue weighted by Crippen LogP contribution is 2.29. The molecule has 1 aromatic rings. The standard InChI is InChI=1S/C10H15F3N4S/c1-3-7-8(14-2)16-6-17-9(7)15-4-5-18-10(11,12)13/h6H,3-5H2,1-2H3,(H2,14,15,16,17). The summed E-state index contributed by atoms with van der Waals surface area (Å²) in [6, 6.07) is 0. The Morgan fingerprint density at radius 2 is 1.94 bits per heavy atom. The molecule has 18 heavy (non-hydrogen) atoms. The lowest BCUT2D eigenvalue weighted by atomic mass is 10.2. The van der Waals surface area contributed by atoms with Gasteiger partial charge >= 0.3 is 5.51 Å². The molecule has 0 unspecified atom stereocenters. The van der Waals surface area contributed by atoms with Gasteiger partial charge in [0.2, 0.25) is 0 Å². The fourth-order valence-corrected chi connectivity index (χ4v) is 1.89. The average molecular weight is 280 g/mol. The maximum Gasteiger partial charge on any atom is 0.441 e. The van der Waals surface area contributed by atoms with Crippen molar-refractivity contribution in [2.24, 2.45) is 0 Å². The number of halogens is 3. The summed E-state index contributed by atoms with van der Waals surface area (Å²) >= 11 is -0.0453. The molecule has 0 aliphatic carbocycles. The summed E-state index contributed by atoms with van der Waals surface area (Å²) in [6.45, 7) is 2.15. The second-order valence-corrected chi connectivity index (χ2v) is 4.53. The topological polar surface area (TPSA) is 49.8 Å². The molecular weight excluding hydrogens is 265 g/mol. The summed E-state index contributed by atoms with van der Waals surface area (Å²) in [6.07, 6.45) is 2.08. The lowest BCUT2D eigenvalue weighted by molar-refractivity contribution is -0.0327. The number of anilines is 2. The Balaban J connectivity index is 2.57. The van der Waals surface area contributed by atoms with E-state index >= 15 is 0 Å². The first kappa shape index (κ1) is 14.9. The second kappa shape index (κ2) is 6.67. The summed E-state index contributed by atoms with van der Waals surface area (Å²) < 4.78 is 35.8. The Bertz CT molecular complexity index is 384. The smallest absolute Gasteiger partial charge is 0.373 e. The monoisotopic (exact) mass is 280 g/mol. The minimum Gasteiger partial charge on any atom is -0.373 e. The van der Waals surface area contributed by atoms with Crippen LogP contribution >= 0.6 is 11.8 Å². The van der Waals surface area contributed by atoms with Crippen molar-refractivity contribution in [2.45, 2.75) is 18.9 Å². The van der Waals surface area contributed by atoms with Crippen LogP contribution < -0.4 is 10.6 Å². The maximum atomic E-state index is 11.9. The molecule has 0 bridgehead atoms. The van der Waals surface area contributed by atoms with Crippen LogP contribution in [0.4, 0.5) is 24.8 Å². The molecule has 4 nitrogen and oxygen atoms in total. The van der Waals surface area contributed by atoms with Crippen LogP contribution in [0.25, 0.3) is 0 Å². The van der Waals surface area contributed by atoms with Crippen molar-refractivity contribution >= 4 is 23.4 Å². The molecule has 2 N–H and O–H groups in total. The summed E-state index contributed by atoms with van der Waals surface area (Å²) in [7, 11) is 1.74. The summed E-state index contributed by atoms with van der Waals surface area (Å²) in [5.41, 5.74) is -3.31. The van der Waals surface area contributed by atoms with E-state index in [1.807, 2.05) is 6.92 Å². The van der Waals surface area contributed by atoms with E-state index in [2.05, 4.69) is 20.6 Å². The SMILES string of the molecule is CCc1c(NC)ncnc1NCCSC(F)(F)F. The lowest BCUT2D eigenvalue weighted by Gasteiger charge is -2.13. The zero-order chi connectivity index (χ0) is 13.6. The molecule has 102 valence electrons. The van der Waals surface area contributed by atoms with Crippen LogP contribution in [0.1, 0.15) is 12.5 Å². The van der Waals surface area contributed by atoms with Gasteiger partial charge in [-0.3, -0.25) is 0 Å². The third kappa shape index (κ3) is 4.59. The van der Waals surface area contributed by atoms with E-state index in [9.17, 15) is 13.2 Å². The van der Waals surface area contributed by atoms with Crippen molar-refractivity contribution in [1.82, 2.24) is 9.97 Å². The molecule has 8 heteroatoms. The fraction of sp³-hybridized carbons (Fsp3) is 0.600. The molecule has 0 aliphatic heterocycles. The van der Waals surface area contributed by atoms with E-state index in [0.29, 0.717) is 18.1 Å². The molecule has 1 heterocycles. The van der Waals surface area contributed by atoms with Gasteiger partial charge in [-0.1, -0.05) is 6.92 Å². The Kier molecular flexibility index (Phi) is 5.52. The highest BCUT2D eigenvalue weighted by atomic mass is 32.2. The third-order valence-electron chi connectivity index (χ3n) is 2.20. The van der Waals surface area contributed by atoms with Gasteiger partial charge in [-0.2, -0.15) is 13.2 Å². The van der Waals surface area contributed by atoms with Crippen LogP contribution in [0.3, 0.4) is 0 Å². The molecule has 0 saturated heterocycles. The normalized spacial score (nSPS) is 11.4. The Hall–Kier alpha value is -1.18. The number of alkyl halides is 3. The predicted octanol–water partition coefficient (Wildman–Crippen LogP) is 2.75. The van der Waals surface area contributed by atoms with Crippen molar-refractivity contribution in [1.29, 1.82) is 0 Å². The quantitative estimate of drug-likeness (QED) is 0.785. The van der Waals surface area contributed by atoms with Crippen LogP contribution in [0.2, 0.25) is 0 Å². The van der Waals surface area contributed by atoms with E-state index in [4.69, 9.17) is 0 Å². The van der Waals surface area contributed by atoms with Gasteiger partial charge in [0.05, 0.1) is 0 Å².